The molecule has 116 valence electrons. The lowest BCUT2D eigenvalue weighted by molar-refractivity contribution is -0.120. The Morgan fingerprint density at radius 2 is 1.76 bits per heavy atom. The normalized spacial score (nSPS) is 10.2. The Morgan fingerprint density at radius 3 is 2.48 bits per heavy atom. The first-order valence-electron chi connectivity index (χ1n) is 7.05. The summed E-state index contributed by atoms with van der Waals surface area (Å²) in [4.78, 5) is 23.4. The van der Waals surface area contributed by atoms with E-state index in [1.165, 1.54) is 0 Å². The first-order chi connectivity index (χ1) is 10.1. The molecule has 0 saturated carbocycles. The van der Waals surface area contributed by atoms with Crippen molar-refractivity contribution >= 4 is 27.7 Å². The average molecular weight is 357 g/mol. The van der Waals surface area contributed by atoms with Gasteiger partial charge in [-0.05, 0) is 40.9 Å². The van der Waals surface area contributed by atoms with Crippen molar-refractivity contribution in [3.63, 3.8) is 0 Å². The summed E-state index contributed by atoms with van der Waals surface area (Å²) in [6, 6.07) is 7.07. The Kier molecular flexibility index (Phi) is 8.69. The van der Waals surface area contributed by atoms with Gasteiger partial charge in [-0.3, -0.25) is 9.59 Å². The van der Waals surface area contributed by atoms with Gasteiger partial charge in [-0.15, -0.1) is 0 Å². The number of carbonyl (C=O) groups excluding carboxylic acids is 2. The molecule has 0 atom stereocenters. The maximum Gasteiger partial charge on any atom is 0.252 e. The van der Waals surface area contributed by atoms with Gasteiger partial charge in [0.2, 0.25) is 5.91 Å². The zero-order valence-electron chi connectivity index (χ0n) is 11.9. The van der Waals surface area contributed by atoms with Crippen LogP contribution >= 0.6 is 15.9 Å². The molecule has 21 heavy (non-hydrogen) atoms. The van der Waals surface area contributed by atoms with E-state index in [1.807, 2.05) is 6.07 Å². The van der Waals surface area contributed by atoms with Crippen molar-refractivity contribution < 1.29 is 14.7 Å². The van der Waals surface area contributed by atoms with Crippen LogP contribution in [0.25, 0.3) is 0 Å². The molecule has 0 fully saturated rings. The lowest BCUT2D eigenvalue weighted by Crippen LogP contribution is -2.37. The third kappa shape index (κ3) is 7.24. The predicted octanol–water partition coefficient (Wildman–Crippen LogP) is 1.85. The summed E-state index contributed by atoms with van der Waals surface area (Å²) in [5.74, 6) is -0.474. The van der Waals surface area contributed by atoms with Gasteiger partial charge in [0, 0.05) is 17.6 Å². The van der Waals surface area contributed by atoms with Crippen molar-refractivity contribution in [3.8, 4) is 0 Å². The number of aliphatic hydroxyl groups is 1. The van der Waals surface area contributed by atoms with Crippen LogP contribution in [0.2, 0.25) is 0 Å². The first-order valence-corrected chi connectivity index (χ1v) is 7.84. The molecule has 0 aliphatic carbocycles. The number of aliphatic hydroxyl groups excluding tert-OH is 1. The van der Waals surface area contributed by atoms with Crippen LogP contribution in [0.15, 0.2) is 28.7 Å². The fourth-order valence-electron chi connectivity index (χ4n) is 1.78. The molecule has 3 N–H and O–H groups in total. The lowest BCUT2D eigenvalue weighted by atomic mass is 10.2. The minimum absolute atomic E-state index is 0.0309. The van der Waals surface area contributed by atoms with Crippen LogP contribution in [0.3, 0.4) is 0 Å². The van der Waals surface area contributed by atoms with Crippen LogP contribution in [0, 0.1) is 0 Å². The maximum atomic E-state index is 11.9. The van der Waals surface area contributed by atoms with E-state index < -0.39 is 0 Å². The Hall–Kier alpha value is -1.40. The highest BCUT2D eigenvalue weighted by Gasteiger charge is 2.10. The number of rotatable bonds is 9. The van der Waals surface area contributed by atoms with E-state index in [0.29, 0.717) is 16.6 Å². The number of nitrogens with one attached hydrogen (secondary N) is 2. The molecule has 0 aliphatic heterocycles. The lowest BCUT2D eigenvalue weighted by Gasteiger charge is -2.08. The van der Waals surface area contributed by atoms with Gasteiger partial charge in [0.05, 0.1) is 12.1 Å². The summed E-state index contributed by atoms with van der Waals surface area (Å²) in [5.41, 5.74) is 0.509. The minimum atomic E-state index is -0.277. The molecule has 0 heterocycles. The molecule has 0 aliphatic rings. The van der Waals surface area contributed by atoms with Crippen LogP contribution in [-0.4, -0.2) is 36.6 Å². The number of benzene rings is 1. The van der Waals surface area contributed by atoms with Crippen LogP contribution in [0.1, 0.15) is 36.0 Å². The molecular formula is C15H21BrN2O3. The highest BCUT2D eigenvalue weighted by molar-refractivity contribution is 9.10. The molecule has 0 spiro atoms. The van der Waals surface area contributed by atoms with E-state index >= 15 is 0 Å². The fourth-order valence-corrected chi connectivity index (χ4v) is 2.25. The molecule has 0 unspecified atom stereocenters. The quantitative estimate of drug-likeness (QED) is 0.590. The van der Waals surface area contributed by atoms with Crippen LogP contribution in [0.5, 0.6) is 0 Å². The third-order valence-corrected chi connectivity index (χ3v) is 3.63. The summed E-state index contributed by atoms with van der Waals surface area (Å²) in [5, 5.41) is 14.0. The first kappa shape index (κ1) is 17.7. The standard InChI is InChI=1S/C15H21BrN2O3/c16-13-8-4-3-7-12(13)15(21)18-11-14(20)17-9-5-1-2-6-10-19/h3-4,7-8,19H,1-2,5-6,9-11H2,(H,17,20)(H,18,21). The summed E-state index contributed by atoms with van der Waals surface area (Å²) in [6.45, 7) is 0.777. The second-order valence-corrected chi connectivity index (χ2v) is 5.50. The zero-order valence-corrected chi connectivity index (χ0v) is 13.5. The second-order valence-electron chi connectivity index (χ2n) is 4.65. The van der Waals surface area contributed by atoms with Crippen LogP contribution < -0.4 is 10.6 Å². The third-order valence-electron chi connectivity index (χ3n) is 2.94. The van der Waals surface area contributed by atoms with E-state index in [4.69, 9.17) is 5.11 Å². The molecule has 1 rings (SSSR count). The average Bonchev–Trinajstić information content (AvgIpc) is 2.49. The topological polar surface area (TPSA) is 78.4 Å². The predicted molar refractivity (Wildman–Crippen MR) is 85.0 cm³/mol. The van der Waals surface area contributed by atoms with Crippen LogP contribution in [0.4, 0.5) is 0 Å². The van der Waals surface area contributed by atoms with Crippen molar-refractivity contribution in [2.24, 2.45) is 0 Å². The van der Waals surface area contributed by atoms with E-state index in [-0.39, 0.29) is 25.0 Å². The van der Waals surface area contributed by atoms with Gasteiger partial charge in [-0.1, -0.05) is 25.0 Å². The highest BCUT2D eigenvalue weighted by Crippen LogP contribution is 2.15. The smallest absolute Gasteiger partial charge is 0.252 e. The monoisotopic (exact) mass is 356 g/mol. The molecule has 0 radical (unpaired) electrons. The Bertz CT molecular complexity index is 466. The molecular weight excluding hydrogens is 336 g/mol. The van der Waals surface area contributed by atoms with Gasteiger partial charge >= 0.3 is 0 Å². The van der Waals surface area contributed by atoms with Gasteiger partial charge in [-0.2, -0.15) is 0 Å². The molecule has 1 aromatic rings. The van der Waals surface area contributed by atoms with Crippen molar-refractivity contribution in [2.45, 2.75) is 25.7 Å². The number of carbonyl (C=O) groups is 2. The minimum Gasteiger partial charge on any atom is -0.396 e. The molecule has 1 aromatic carbocycles. The summed E-state index contributed by atoms with van der Waals surface area (Å²) in [7, 11) is 0. The van der Waals surface area contributed by atoms with Crippen molar-refractivity contribution in [1.82, 2.24) is 10.6 Å². The largest absolute Gasteiger partial charge is 0.396 e. The molecule has 5 nitrogen and oxygen atoms in total. The van der Waals surface area contributed by atoms with Gasteiger partial charge in [0.15, 0.2) is 0 Å². The second kappa shape index (κ2) is 10.3. The van der Waals surface area contributed by atoms with Gasteiger partial charge < -0.3 is 15.7 Å². The Labute approximate surface area is 133 Å². The number of unbranched alkanes of at least 4 members (excludes halogenated alkanes) is 3. The molecule has 0 bridgehead atoms. The number of hydrogen-bond acceptors (Lipinski definition) is 3. The van der Waals surface area contributed by atoms with E-state index in [1.54, 1.807) is 18.2 Å². The van der Waals surface area contributed by atoms with E-state index in [9.17, 15) is 9.59 Å². The Morgan fingerprint density at radius 1 is 1.05 bits per heavy atom. The molecule has 0 aromatic heterocycles. The molecule has 0 saturated heterocycles. The number of amides is 2. The Balaban J connectivity index is 2.18. The fraction of sp³-hybridized carbons (Fsp3) is 0.467. The highest BCUT2D eigenvalue weighted by atomic mass is 79.9. The van der Waals surface area contributed by atoms with Crippen molar-refractivity contribution in [3.05, 3.63) is 34.3 Å². The summed E-state index contributed by atoms with van der Waals surface area (Å²) in [6.07, 6.45) is 3.62. The summed E-state index contributed by atoms with van der Waals surface area (Å²) < 4.78 is 0.701. The maximum absolute atomic E-state index is 11.9. The van der Waals surface area contributed by atoms with Gasteiger partial charge in [-0.25, -0.2) is 0 Å². The van der Waals surface area contributed by atoms with E-state index in [2.05, 4.69) is 26.6 Å². The molecule has 2 amide bonds. The van der Waals surface area contributed by atoms with Crippen molar-refractivity contribution in [2.75, 3.05) is 19.7 Å². The van der Waals surface area contributed by atoms with Crippen molar-refractivity contribution in [1.29, 1.82) is 0 Å². The van der Waals surface area contributed by atoms with E-state index in [0.717, 1.165) is 25.7 Å². The SMILES string of the molecule is O=C(CNC(=O)c1ccccc1Br)NCCCCCCO. The number of hydrogen-bond donors (Lipinski definition) is 3. The summed E-state index contributed by atoms with van der Waals surface area (Å²) >= 11 is 3.30. The van der Waals surface area contributed by atoms with Gasteiger partial charge in [0.25, 0.3) is 5.91 Å². The van der Waals surface area contributed by atoms with Gasteiger partial charge in [0.1, 0.15) is 0 Å². The molecule has 6 heteroatoms. The van der Waals surface area contributed by atoms with Crippen LogP contribution in [-0.2, 0) is 4.79 Å². The number of halogens is 1. The zero-order chi connectivity index (χ0) is 15.5.